The van der Waals surface area contributed by atoms with Crippen molar-refractivity contribution in [3.63, 3.8) is 0 Å². The molecule has 1 fully saturated rings. The molecule has 0 saturated carbocycles. The summed E-state index contributed by atoms with van der Waals surface area (Å²) in [6, 6.07) is 3.18. The van der Waals surface area contributed by atoms with E-state index in [1.54, 1.807) is 0 Å². The van der Waals surface area contributed by atoms with Crippen LogP contribution in [0.3, 0.4) is 0 Å². The van der Waals surface area contributed by atoms with Gasteiger partial charge in [-0.1, -0.05) is 0 Å². The van der Waals surface area contributed by atoms with Crippen LogP contribution in [0, 0.1) is 10.1 Å². The lowest BCUT2D eigenvalue weighted by Gasteiger charge is -2.26. The maximum atomic E-state index is 12.2. The van der Waals surface area contributed by atoms with Crippen molar-refractivity contribution in [3.8, 4) is 5.75 Å². The number of carbonyl (C=O) groups excluding carboxylic acids is 1. The molecule has 8 nitrogen and oxygen atoms in total. The highest BCUT2D eigenvalue weighted by molar-refractivity contribution is 7.91. The number of hydrogen-bond acceptors (Lipinski definition) is 6. The predicted octanol–water partition coefficient (Wildman–Crippen LogP) is 0.171. The summed E-state index contributed by atoms with van der Waals surface area (Å²) in [4.78, 5) is 23.6. The molecule has 1 saturated heterocycles. The van der Waals surface area contributed by atoms with Gasteiger partial charge in [0.2, 0.25) is 0 Å². The van der Waals surface area contributed by atoms with E-state index in [9.17, 15) is 28.4 Å². The van der Waals surface area contributed by atoms with Gasteiger partial charge in [0.15, 0.2) is 9.84 Å². The molecule has 0 radical (unpaired) electrons. The van der Waals surface area contributed by atoms with Gasteiger partial charge in [-0.05, 0) is 12.1 Å². The summed E-state index contributed by atoms with van der Waals surface area (Å²) in [5, 5.41) is 20.2. The molecule has 0 bridgehead atoms. The van der Waals surface area contributed by atoms with E-state index in [1.165, 1.54) is 4.90 Å². The van der Waals surface area contributed by atoms with E-state index < -0.39 is 26.4 Å². The van der Waals surface area contributed by atoms with Crippen LogP contribution in [0.25, 0.3) is 0 Å². The molecule has 0 aromatic heterocycles. The minimum Gasteiger partial charge on any atom is -0.508 e. The van der Waals surface area contributed by atoms with Crippen molar-refractivity contribution in [1.82, 2.24) is 4.90 Å². The van der Waals surface area contributed by atoms with E-state index >= 15 is 0 Å². The Hall–Kier alpha value is -2.16. The van der Waals surface area contributed by atoms with Crippen molar-refractivity contribution >= 4 is 21.4 Å². The summed E-state index contributed by atoms with van der Waals surface area (Å²) in [5.41, 5.74) is -0.657. The van der Waals surface area contributed by atoms with Gasteiger partial charge in [0.1, 0.15) is 11.3 Å². The zero-order valence-electron chi connectivity index (χ0n) is 10.4. The fraction of sp³-hybridized carbons (Fsp3) is 0.364. The minimum absolute atomic E-state index is 0.00598. The van der Waals surface area contributed by atoms with E-state index in [0.717, 1.165) is 18.2 Å². The topological polar surface area (TPSA) is 118 Å². The number of phenolic OH excluding ortho intramolecular Hbond substituents is 1. The molecule has 1 aromatic rings. The first-order valence-electron chi connectivity index (χ1n) is 5.77. The number of carbonyl (C=O) groups is 1. The van der Waals surface area contributed by atoms with Gasteiger partial charge in [-0.15, -0.1) is 0 Å². The van der Waals surface area contributed by atoms with E-state index in [1.807, 2.05) is 0 Å². The van der Waals surface area contributed by atoms with Crippen molar-refractivity contribution in [1.29, 1.82) is 0 Å². The maximum absolute atomic E-state index is 12.2. The summed E-state index contributed by atoms with van der Waals surface area (Å²) in [5.74, 6) is -1.23. The van der Waals surface area contributed by atoms with Gasteiger partial charge < -0.3 is 10.0 Å². The van der Waals surface area contributed by atoms with Gasteiger partial charge in [-0.3, -0.25) is 14.9 Å². The SMILES string of the molecule is O=C(c1cc(O)ccc1[N+](=O)[O-])N1CCS(=O)(=O)CC1. The molecule has 1 N–H and O–H groups in total. The van der Waals surface area contributed by atoms with E-state index in [4.69, 9.17) is 0 Å². The predicted molar refractivity (Wildman–Crippen MR) is 69.3 cm³/mol. The quantitative estimate of drug-likeness (QED) is 0.614. The average Bonchev–Trinajstić information content (AvgIpc) is 2.37. The molecule has 0 aliphatic carbocycles. The molecule has 1 aromatic carbocycles. The molecule has 0 unspecified atom stereocenters. The first-order chi connectivity index (χ1) is 9.30. The third kappa shape index (κ3) is 2.87. The number of hydrogen-bond donors (Lipinski definition) is 1. The highest BCUT2D eigenvalue weighted by Gasteiger charge is 2.29. The number of benzene rings is 1. The average molecular weight is 300 g/mol. The Bertz CT molecular complexity index is 655. The molecule has 1 aliphatic rings. The van der Waals surface area contributed by atoms with Crippen molar-refractivity contribution in [2.45, 2.75) is 0 Å². The van der Waals surface area contributed by atoms with E-state index in [0.29, 0.717) is 0 Å². The van der Waals surface area contributed by atoms with Crippen LogP contribution in [0.15, 0.2) is 18.2 Å². The molecule has 0 spiro atoms. The fourth-order valence-electron chi connectivity index (χ4n) is 1.94. The Morgan fingerprint density at radius 1 is 1.30 bits per heavy atom. The van der Waals surface area contributed by atoms with Crippen LogP contribution in [-0.2, 0) is 9.84 Å². The van der Waals surface area contributed by atoms with Crippen LogP contribution < -0.4 is 0 Å². The maximum Gasteiger partial charge on any atom is 0.282 e. The van der Waals surface area contributed by atoms with Gasteiger partial charge in [0, 0.05) is 19.2 Å². The van der Waals surface area contributed by atoms with Crippen LogP contribution >= 0.6 is 0 Å². The number of nitro groups is 1. The number of amides is 1. The van der Waals surface area contributed by atoms with Crippen molar-refractivity contribution in [2.24, 2.45) is 0 Å². The number of sulfone groups is 1. The number of aromatic hydroxyl groups is 1. The Morgan fingerprint density at radius 3 is 2.45 bits per heavy atom. The second kappa shape index (κ2) is 5.08. The first kappa shape index (κ1) is 14.3. The smallest absolute Gasteiger partial charge is 0.282 e. The molecule has 2 rings (SSSR count). The molecule has 1 aliphatic heterocycles. The number of rotatable bonds is 2. The second-order valence-electron chi connectivity index (χ2n) is 4.40. The normalized spacial score (nSPS) is 17.7. The van der Waals surface area contributed by atoms with Gasteiger partial charge in [-0.2, -0.15) is 0 Å². The molecule has 9 heteroatoms. The molecule has 1 amide bonds. The summed E-state index contributed by atoms with van der Waals surface area (Å²) < 4.78 is 22.6. The molecule has 1 heterocycles. The van der Waals surface area contributed by atoms with Crippen molar-refractivity contribution in [3.05, 3.63) is 33.9 Å². The van der Waals surface area contributed by atoms with Crippen molar-refractivity contribution in [2.75, 3.05) is 24.6 Å². The lowest BCUT2D eigenvalue weighted by atomic mass is 10.1. The van der Waals surface area contributed by atoms with Gasteiger partial charge in [0.25, 0.3) is 11.6 Å². The Morgan fingerprint density at radius 2 is 1.90 bits per heavy atom. The largest absolute Gasteiger partial charge is 0.508 e. The molecule has 0 atom stereocenters. The second-order valence-corrected chi connectivity index (χ2v) is 6.71. The third-order valence-corrected chi connectivity index (χ3v) is 4.65. The zero-order chi connectivity index (χ0) is 14.9. The van der Waals surface area contributed by atoms with E-state index in [-0.39, 0.29) is 35.9 Å². The summed E-state index contributed by atoms with van der Waals surface area (Å²) in [6.45, 7) is -0.0120. The Balaban J connectivity index is 2.30. The van der Waals surface area contributed by atoms with Gasteiger partial charge >= 0.3 is 0 Å². The third-order valence-electron chi connectivity index (χ3n) is 3.04. The minimum atomic E-state index is -3.14. The fourth-order valence-corrected chi connectivity index (χ4v) is 3.14. The molecular weight excluding hydrogens is 288 g/mol. The van der Waals surface area contributed by atoms with E-state index in [2.05, 4.69) is 0 Å². The molecule has 20 heavy (non-hydrogen) atoms. The van der Waals surface area contributed by atoms with Crippen LogP contribution in [0.5, 0.6) is 5.75 Å². The highest BCUT2D eigenvalue weighted by Crippen LogP contribution is 2.25. The van der Waals surface area contributed by atoms with Gasteiger partial charge in [-0.25, -0.2) is 8.42 Å². The summed E-state index contributed by atoms with van der Waals surface area (Å²) in [6.07, 6.45) is 0. The zero-order valence-corrected chi connectivity index (χ0v) is 11.2. The monoisotopic (exact) mass is 300 g/mol. The Kier molecular flexibility index (Phi) is 3.62. The number of phenols is 1. The van der Waals surface area contributed by atoms with Crippen LogP contribution in [0.4, 0.5) is 5.69 Å². The highest BCUT2D eigenvalue weighted by atomic mass is 32.2. The Labute approximate surface area is 114 Å². The standard InChI is InChI=1S/C11H12N2O6S/c14-8-1-2-10(13(16)17)9(7-8)11(15)12-3-5-20(18,19)6-4-12/h1-2,7,14H,3-6H2. The molecular formula is C11H12N2O6S. The van der Waals surface area contributed by atoms with Crippen LogP contribution in [0.2, 0.25) is 0 Å². The lowest BCUT2D eigenvalue weighted by Crippen LogP contribution is -2.43. The number of nitrogens with zero attached hydrogens (tertiary/aromatic N) is 2. The van der Waals surface area contributed by atoms with Gasteiger partial charge in [0.05, 0.1) is 16.4 Å². The lowest BCUT2D eigenvalue weighted by molar-refractivity contribution is -0.385. The summed E-state index contributed by atoms with van der Waals surface area (Å²) in [7, 11) is -3.14. The van der Waals surface area contributed by atoms with Crippen LogP contribution in [-0.4, -0.2) is 53.8 Å². The first-order valence-corrected chi connectivity index (χ1v) is 7.59. The number of nitro benzene ring substituents is 1. The summed E-state index contributed by atoms with van der Waals surface area (Å²) >= 11 is 0. The molecule has 108 valence electrons. The van der Waals surface area contributed by atoms with Crippen LogP contribution in [0.1, 0.15) is 10.4 Å². The van der Waals surface area contributed by atoms with Crippen molar-refractivity contribution < 1.29 is 23.2 Å².